The van der Waals surface area contributed by atoms with Crippen molar-refractivity contribution in [2.45, 2.75) is 57.9 Å². The molecule has 0 saturated heterocycles. The molecule has 25 heavy (non-hydrogen) atoms. The van der Waals surface area contributed by atoms with Gasteiger partial charge in [-0.2, -0.15) is 10.1 Å². The van der Waals surface area contributed by atoms with Crippen LogP contribution in [-0.4, -0.2) is 30.8 Å². The van der Waals surface area contributed by atoms with Gasteiger partial charge in [0.15, 0.2) is 11.5 Å². The van der Waals surface area contributed by atoms with Crippen molar-refractivity contribution in [2.24, 2.45) is 0 Å². The summed E-state index contributed by atoms with van der Waals surface area (Å²) < 4.78 is 33.8. The Balaban J connectivity index is 1.79. The molecule has 8 heteroatoms. The summed E-state index contributed by atoms with van der Waals surface area (Å²) in [6.45, 7) is 7.67. The molecule has 0 atom stereocenters. The highest BCUT2D eigenvalue weighted by Crippen LogP contribution is 2.52. The Hall–Kier alpha value is -2.38. The van der Waals surface area contributed by atoms with Crippen molar-refractivity contribution in [1.29, 1.82) is 0 Å². The van der Waals surface area contributed by atoms with Crippen LogP contribution in [-0.2, 0) is 5.41 Å². The molecule has 0 amide bonds. The number of aromatic nitrogens is 5. The molecule has 1 fully saturated rings. The van der Waals surface area contributed by atoms with Crippen LogP contribution in [0.2, 0.25) is 0 Å². The van der Waals surface area contributed by atoms with E-state index in [0.29, 0.717) is 11.7 Å². The maximum absolute atomic E-state index is 13.3. The van der Waals surface area contributed by atoms with E-state index >= 15 is 0 Å². The van der Waals surface area contributed by atoms with Crippen LogP contribution in [0.1, 0.15) is 51.2 Å². The maximum Gasteiger partial charge on any atom is 0.258 e. The van der Waals surface area contributed by atoms with Crippen molar-refractivity contribution >= 4 is 11.0 Å². The first-order chi connectivity index (χ1) is 11.7. The van der Waals surface area contributed by atoms with Gasteiger partial charge >= 0.3 is 0 Å². The number of fused-ring (bicyclic) bond motifs is 1. The lowest BCUT2D eigenvalue weighted by Gasteiger charge is -2.42. The van der Waals surface area contributed by atoms with Crippen molar-refractivity contribution in [2.75, 3.05) is 0 Å². The summed E-state index contributed by atoms with van der Waals surface area (Å²) in [5.74, 6) is -2.01. The summed E-state index contributed by atoms with van der Waals surface area (Å²) in [6, 6.07) is 2.01. The molecule has 0 N–H and O–H groups in total. The van der Waals surface area contributed by atoms with E-state index < -0.39 is 11.3 Å². The van der Waals surface area contributed by atoms with Crippen molar-refractivity contribution in [1.82, 2.24) is 24.9 Å². The molecule has 6 nitrogen and oxygen atoms in total. The Bertz CT molecular complexity index is 951. The minimum Gasteiger partial charge on any atom is -0.334 e. The highest BCUT2D eigenvalue weighted by atomic mass is 19.3. The molecular formula is C17H19F2N5O. The van der Waals surface area contributed by atoms with Gasteiger partial charge in [-0.3, -0.25) is 0 Å². The molecule has 0 radical (unpaired) electrons. The van der Waals surface area contributed by atoms with Crippen LogP contribution in [0, 0.1) is 6.92 Å². The van der Waals surface area contributed by atoms with E-state index in [2.05, 4.69) is 20.2 Å². The van der Waals surface area contributed by atoms with Crippen LogP contribution in [0.15, 0.2) is 16.8 Å². The van der Waals surface area contributed by atoms with Crippen molar-refractivity contribution in [3.05, 3.63) is 23.8 Å². The average molecular weight is 347 g/mol. The van der Waals surface area contributed by atoms with Gasteiger partial charge in [0.05, 0.1) is 17.1 Å². The SMILES string of the molecule is Cc1cc(-c2nc(C3(C)CC(F)(F)C3)no2)c2cnn(C(C)C)c2n1. The first-order valence-electron chi connectivity index (χ1n) is 8.26. The number of pyridine rings is 1. The lowest BCUT2D eigenvalue weighted by atomic mass is 9.67. The highest BCUT2D eigenvalue weighted by Gasteiger charge is 2.56. The Morgan fingerprint density at radius 2 is 1.96 bits per heavy atom. The van der Waals surface area contributed by atoms with Crippen LogP contribution < -0.4 is 0 Å². The second kappa shape index (κ2) is 5.06. The monoisotopic (exact) mass is 347 g/mol. The molecule has 3 aromatic rings. The molecule has 1 aliphatic carbocycles. The van der Waals surface area contributed by atoms with Crippen molar-refractivity contribution in [3.8, 4) is 11.5 Å². The lowest BCUT2D eigenvalue weighted by Crippen LogP contribution is -2.47. The normalized spacial score (nSPS) is 18.7. The largest absolute Gasteiger partial charge is 0.334 e. The van der Waals surface area contributed by atoms with Gasteiger partial charge in [0.1, 0.15) is 0 Å². The first kappa shape index (κ1) is 16.1. The van der Waals surface area contributed by atoms with Crippen molar-refractivity contribution < 1.29 is 13.3 Å². The summed E-state index contributed by atoms with van der Waals surface area (Å²) >= 11 is 0. The summed E-state index contributed by atoms with van der Waals surface area (Å²) in [5, 5.41) is 9.16. The van der Waals surface area contributed by atoms with Gasteiger partial charge in [0.2, 0.25) is 5.92 Å². The van der Waals surface area contributed by atoms with E-state index in [4.69, 9.17) is 4.52 Å². The molecule has 0 aliphatic heterocycles. The van der Waals surface area contributed by atoms with E-state index in [0.717, 1.165) is 22.3 Å². The third kappa shape index (κ3) is 2.51. The molecule has 0 spiro atoms. The van der Waals surface area contributed by atoms with Crippen LogP contribution in [0.5, 0.6) is 0 Å². The quantitative estimate of drug-likeness (QED) is 0.715. The number of hydrogen-bond donors (Lipinski definition) is 0. The van der Waals surface area contributed by atoms with E-state index in [9.17, 15) is 8.78 Å². The van der Waals surface area contributed by atoms with Crippen LogP contribution in [0.3, 0.4) is 0 Å². The van der Waals surface area contributed by atoms with Crippen molar-refractivity contribution in [3.63, 3.8) is 0 Å². The number of nitrogens with zero attached hydrogens (tertiary/aromatic N) is 5. The fourth-order valence-corrected chi connectivity index (χ4v) is 3.52. The zero-order valence-corrected chi connectivity index (χ0v) is 14.5. The summed E-state index contributed by atoms with van der Waals surface area (Å²) in [4.78, 5) is 8.97. The van der Waals surface area contributed by atoms with Gasteiger partial charge < -0.3 is 4.52 Å². The minimum absolute atomic E-state index is 0.161. The molecular weight excluding hydrogens is 328 g/mol. The molecule has 3 aromatic heterocycles. The lowest BCUT2D eigenvalue weighted by molar-refractivity contribution is -0.123. The third-order valence-electron chi connectivity index (χ3n) is 4.68. The Labute approximate surface area is 143 Å². The molecule has 0 unspecified atom stereocenters. The maximum atomic E-state index is 13.3. The standard InChI is InChI=1S/C17H19F2N5O/c1-9(2)24-13-12(6-20-24)11(5-10(3)21-13)14-22-15(23-25-14)16(4)7-17(18,19)8-16/h5-6,9H,7-8H2,1-4H3. The predicted molar refractivity (Wildman–Crippen MR) is 87.5 cm³/mol. The predicted octanol–water partition coefficient (Wildman–Crippen LogP) is 4.06. The zero-order chi connectivity index (χ0) is 18.0. The fraction of sp³-hybridized carbons (Fsp3) is 0.529. The highest BCUT2D eigenvalue weighted by molar-refractivity contribution is 5.90. The van der Waals surface area contributed by atoms with E-state index in [1.165, 1.54) is 0 Å². The topological polar surface area (TPSA) is 69.6 Å². The Morgan fingerprint density at radius 3 is 2.60 bits per heavy atom. The molecule has 1 saturated carbocycles. The van der Waals surface area contributed by atoms with E-state index in [-0.39, 0.29) is 18.9 Å². The van der Waals surface area contributed by atoms with Crippen LogP contribution >= 0.6 is 0 Å². The third-order valence-corrected chi connectivity index (χ3v) is 4.68. The fourth-order valence-electron chi connectivity index (χ4n) is 3.52. The molecule has 4 rings (SSSR count). The van der Waals surface area contributed by atoms with Gasteiger partial charge in [-0.1, -0.05) is 12.1 Å². The van der Waals surface area contributed by atoms with Crippen LogP contribution in [0.4, 0.5) is 8.78 Å². The first-order valence-corrected chi connectivity index (χ1v) is 8.26. The van der Waals surface area contributed by atoms with Gasteiger partial charge in [0, 0.05) is 30.0 Å². The number of rotatable bonds is 3. The second-order valence-electron chi connectivity index (χ2n) is 7.42. The Morgan fingerprint density at radius 1 is 1.24 bits per heavy atom. The number of halogens is 2. The molecule has 132 valence electrons. The van der Waals surface area contributed by atoms with E-state index in [1.54, 1.807) is 13.1 Å². The number of hydrogen-bond acceptors (Lipinski definition) is 5. The summed E-state index contributed by atoms with van der Waals surface area (Å²) in [6.07, 6.45) is 1.21. The van der Waals surface area contributed by atoms with Gasteiger partial charge in [-0.05, 0) is 26.8 Å². The van der Waals surface area contributed by atoms with Crippen LogP contribution in [0.25, 0.3) is 22.5 Å². The smallest absolute Gasteiger partial charge is 0.258 e. The van der Waals surface area contributed by atoms with Gasteiger partial charge in [-0.25, -0.2) is 18.4 Å². The second-order valence-corrected chi connectivity index (χ2v) is 7.42. The van der Waals surface area contributed by atoms with Gasteiger partial charge in [-0.15, -0.1) is 0 Å². The molecule has 1 aliphatic rings. The molecule has 0 bridgehead atoms. The minimum atomic E-state index is -2.64. The number of alkyl halides is 2. The summed E-state index contributed by atoms with van der Waals surface area (Å²) in [5.41, 5.74) is 1.52. The zero-order valence-electron chi connectivity index (χ0n) is 14.5. The number of aryl methyl sites for hydroxylation is 1. The average Bonchev–Trinajstić information content (AvgIpc) is 3.11. The molecule has 3 heterocycles. The summed E-state index contributed by atoms with van der Waals surface area (Å²) in [7, 11) is 0. The van der Waals surface area contributed by atoms with E-state index in [1.807, 2.05) is 31.5 Å². The molecule has 0 aromatic carbocycles. The van der Waals surface area contributed by atoms with Gasteiger partial charge in [0.25, 0.3) is 5.89 Å². The Kier molecular flexibility index (Phi) is 3.26.